The summed E-state index contributed by atoms with van der Waals surface area (Å²) in [4.78, 5) is 33.0. The number of benzene rings is 3. The van der Waals surface area contributed by atoms with Crippen LogP contribution in [0.2, 0.25) is 0 Å². The fourth-order valence-corrected chi connectivity index (χ4v) is 10.4. The van der Waals surface area contributed by atoms with Gasteiger partial charge in [-0.3, -0.25) is 14.5 Å². The number of likely N-dealkylation sites (tertiary alicyclic amines) is 2. The predicted octanol–water partition coefficient (Wildman–Crippen LogP) is 5.08. The van der Waals surface area contributed by atoms with E-state index in [2.05, 4.69) is 50.8 Å². The molecule has 260 valence electrons. The van der Waals surface area contributed by atoms with Gasteiger partial charge in [0.15, 0.2) is 0 Å². The van der Waals surface area contributed by atoms with Gasteiger partial charge in [-0.15, -0.1) is 0 Å². The Hall–Kier alpha value is -4.19. The Bertz CT molecular complexity index is 2130. The lowest BCUT2D eigenvalue weighted by Crippen LogP contribution is -2.44. The molecule has 2 saturated carbocycles. The first-order chi connectivity index (χ1) is 24.1. The standard InChI is InChI=1S/C39H43N5O5S/c1-49-29-13-15-30-32(17-29)33-18-39(33,38(46)43-22-27-20-42(21-28(27)23-43)19-24-8-4-2-5-9-24)44-34-16-26(37(45)41-50(40,47)48)12-14-31(34)35(36(30)44)25-10-6-3-7-11-25/h2,4-5,8-9,12-17,25,27-28,33H,3,6-7,10-11,18-23H2,1H3,(H,41,45)(H2,40,47,48). The van der Waals surface area contributed by atoms with E-state index in [1.807, 2.05) is 22.9 Å². The van der Waals surface area contributed by atoms with Gasteiger partial charge in [-0.2, -0.15) is 8.42 Å². The highest BCUT2D eigenvalue weighted by Crippen LogP contribution is 2.67. The minimum Gasteiger partial charge on any atom is -0.497 e. The molecule has 2 amide bonds. The number of rotatable bonds is 7. The summed E-state index contributed by atoms with van der Waals surface area (Å²) < 4.78 is 33.6. The molecule has 4 atom stereocenters. The van der Waals surface area contributed by atoms with Gasteiger partial charge in [0.25, 0.3) is 16.1 Å². The molecule has 3 aliphatic heterocycles. The second-order valence-corrected chi connectivity index (χ2v) is 16.5. The van der Waals surface area contributed by atoms with Gasteiger partial charge in [0.05, 0.1) is 18.3 Å². The lowest BCUT2D eigenvalue weighted by Gasteiger charge is -2.34. The monoisotopic (exact) mass is 693 g/mol. The lowest BCUT2D eigenvalue weighted by molar-refractivity contribution is -0.135. The highest BCUT2D eigenvalue weighted by Gasteiger charge is 2.68. The molecule has 3 aromatic carbocycles. The number of carbonyl (C=O) groups excluding carboxylic acids is 2. The van der Waals surface area contributed by atoms with Crippen molar-refractivity contribution in [1.29, 1.82) is 0 Å². The van der Waals surface area contributed by atoms with Crippen molar-refractivity contribution < 1.29 is 22.7 Å². The third-order valence-corrected chi connectivity index (χ3v) is 12.7. The second kappa shape index (κ2) is 11.7. The van der Waals surface area contributed by atoms with Crippen LogP contribution in [0.5, 0.6) is 5.75 Å². The van der Waals surface area contributed by atoms with Crippen LogP contribution in [0.4, 0.5) is 0 Å². The van der Waals surface area contributed by atoms with Crippen LogP contribution in [0.25, 0.3) is 22.2 Å². The van der Waals surface area contributed by atoms with Crippen LogP contribution in [0.1, 0.15) is 77.4 Å². The van der Waals surface area contributed by atoms with Gasteiger partial charge in [0.2, 0.25) is 5.91 Å². The van der Waals surface area contributed by atoms with Crippen LogP contribution in [0.15, 0.2) is 66.7 Å². The molecule has 9 rings (SSSR count). The van der Waals surface area contributed by atoms with Gasteiger partial charge in [-0.25, -0.2) is 9.86 Å². The SMILES string of the molecule is COc1ccc2c(c1)C1CC1(C(=O)N1CC3CN(Cc4ccccc4)CC3C1)n1c-2c(C2CCCCC2)c2ccc(C(=O)NS(N)(=O)=O)cc21. The van der Waals surface area contributed by atoms with Gasteiger partial charge in [-0.1, -0.05) is 55.7 Å². The number of nitrogens with two attached hydrogens (primary N) is 1. The first-order valence-corrected chi connectivity index (χ1v) is 19.5. The van der Waals surface area contributed by atoms with E-state index in [-0.39, 0.29) is 17.4 Å². The number of nitrogens with one attached hydrogen (secondary N) is 1. The first-order valence-electron chi connectivity index (χ1n) is 17.9. The fourth-order valence-electron chi connectivity index (χ4n) is 10.00. The topological polar surface area (TPSA) is 127 Å². The first kappa shape index (κ1) is 31.8. The highest BCUT2D eigenvalue weighted by molar-refractivity contribution is 7.87. The van der Waals surface area contributed by atoms with E-state index in [1.165, 1.54) is 17.5 Å². The van der Waals surface area contributed by atoms with Gasteiger partial charge >= 0.3 is 0 Å². The summed E-state index contributed by atoms with van der Waals surface area (Å²) in [5, 5.41) is 6.22. The zero-order chi connectivity index (χ0) is 34.4. The Kier molecular flexibility index (Phi) is 7.42. The average Bonchev–Trinajstić information content (AvgIpc) is 3.37. The lowest BCUT2D eigenvalue weighted by atomic mass is 9.80. The predicted molar refractivity (Wildman–Crippen MR) is 191 cm³/mol. The largest absolute Gasteiger partial charge is 0.497 e. The molecule has 4 unspecified atom stereocenters. The van der Waals surface area contributed by atoms with Gasteiger partial charge in [0.1, 0.15) is 11.3 Å². The molecule has 5 aliphatic rings. The Morgan fingerprint density at radius 2 is 1.68 bits per heavy atom. The van der Waals surface area contributed by atoms with Crippen molar-refractivity contribution in [3.8, 4) is 17.0 Å². The maximum Gasteiger partial charge on any atom is 0.298 e. The number of hydrogen-bond acceptors (Lipinski definition) is 6. The van der Waals surface area contributed by atoms with Crippen molar-refractivity contribution in [2.45, 2.75) is 62.4 Å². The summed E-state index contributed by atoms with van der Waals surface area (Å²) in [5.41, 5.74) is 6.02. The second-order valence-electron chi connectivity index (χ2n) is 15.2. The zero-order valence-corrected chi connectivity index (χ0v) is 29.1. The number of ether oxygens (including phenoxy) is 1. The molecule has 0 radical (unpaired) electrons. The van der Waals surface area contributed by atoms with Crippen molar-refractivity contribution in [1.82, 2.24) is 19.1 Å². The van der Waals surface area contributed by atoms with E-state index in [1.54, 1.807) is 19.2 Å². The maximum absolute atomic E-state index is 15.2. The summed E-state index contributed by atoms with van der Waals surface area (Å²) in [5.74, 6) is 1.26. The molecular formula is C39H43N5O5S. The molecule has 4 heterocycles. The molecule has 11 heteroatoms. The quantitative estimate of drug-likeness (QED) is 0.278. The average molecular weight is 694 g/mol. The summed E-state index contributed by atoms with van der Waals surface area (Å²) in [6, 6.07) is 22.2. The van der Waals surface area contributed by atoms with E-state index in [0.29, 0.717) is 24.2 Å². The molecule has 3 N–H and O–H groups in total. The van der Waals surface area contributed by atoms with Crippen molar-refractivity contribution in [3.05, 3.63) is 89.0 Å². The maximum atomic E-state index is 15.2. The minimum atomic E-state index is -4.25. The molecule has 0 bridgehead atoms. The molecule has 0 spiro atoms. The minimum absolute atomic E-state index is 0.0423. The number of amides is 2. The fraction of sp³-hybridized carbons (Fsp3) is 0.436. The summed E-state index contributed by atoms with van der Waals surface area (Å²) in [6.07, 6.45) is 6.28. The third kappa shape index (κ3) is 5.07. The smallest absolute Gasteiger partial charge is 0.298 e. The van der Waals surface area contributed by atoms with Crippen LogP contribution >= 0.6 is 0 Å². The Balaban J connectivity index is 1.14. The highest BCUT2D eigenvalue weighted by atomic mass is 32.2. The molecule has 2 saturated heterocycles. The van der Waals surface area contributed by atoms with E-state index in [4.69, 9.17) is 9.88 Å². The number of hydrogen-bond donors (Lipinski definition) is 2. The molecule has 4 fully saturated rings. The number of nitrogens with zero attached hydrogens (tertiary/aromatic N) is 3. The summed E-state index contributed by atoms with van der Waals surface area (Å²) in [7, 11) is -2.57. The van der Waals surface area contributed by atoms with Crippen LogP contribution in [-0.2, 0) is 27.1 Å². The molecule has 50 heavy (non-hydrogen) atoms. The van der Waals surface area contributed by atoms with Crippen LogP contribution in [-0.4, -0.2) is 67.9 Å². The Morgan fingerprint density at radius 3 is 2.38 bits per heavy atom. The van der Waals surface area contributed by atoms with Gasteiger partial charge < -0.3 is 14.2 Å². The zero-order valence-electron chi connectivity index (χ0n) is 28.3. The van der Waals surface area contributed by atoms with Crippen molar-refractivity contribution in [2.75, 3.05) is 33.3 Å². The van der Waals surface area contributed by atoms with E-state index in [0.717, 1.165) is 91.9 Å². The molecule has 2 aliphatic carbocycles. The molecule has 4 aromatic rings. The molecule has 10 nitrogen and oxygen atoms in total. The van der Waals surface area contributed by atoms with Gasteiger partial charge in [-0.05, 0) is 84.0 Å². The number of aromatic nitrogens is 1. The Labute approximate surface area is 292 Å². The van der Waals surface area contributed by atoms with Crippen molar-refractivity contribution >= 4 is 32.9 Å². The number of carbonyl (C=O) groups is 2. The van der Waals surface area contributed by atoms with Crippen molar-refractivity contribution in [3.63, 3.8) is 0 Å². The van der Waals surface area contributed by atoms with E-state index >= 15 is 4.79 Å². The normalized spacial score (nSPS) is 25.9. The van der Waals surface area contributed by atoms with E-state index < -0.39 is 21.7 Å². The summed E-state index contributed by atoms with van der Waals surface area (Å²) in [6.45, 7) is 4.36. The molecule has 1 aromatic heterocycles. The van der Waals surface area contributed by atoms with Gasteiger partial charge in [0, 0.05) is 55.2 Å². The van der Waals surface area contributed by atoms with Crippen molar-refractivity contribution in [2.24, 2.45) is 17.0 Å². The van der Waals surface area contributed by atoms with E-state index in [9.17, 15) is 13.2 Å². The Morgan fingerprint density at radius 1 is 0.940 bits per heavy atom. The third-order valence-electron chi connectivity index (χ3n) is 12.2. The number of fused-ring (bicyclic) bond motifs is 9. The summed E-state index contributed by atoms with van der Waals surface area (Å²) >= 11 is 0. The molecular weight excluding hydrogens is 651 g/mol. The number of methoxy groups -OCH3 is 1. The van der Waals surface area contributed by atoms with Crippen LogP contribution in [0, 0.1) is 11.8 Å². The van der Waals surface area contributed by atoms with Crippen LogP contribution in [0.3, 0.4) is 0 Å². The van der Waals surface area contributed by atoms with Crippen LogP contribution < -0.4 is 14.6 Å².